The van der Waals surface area contributed by atoms with Gasteiger partial charge in [0.2, 0.25) is 11.8 Å². The normalized spacial score (nSPS) is 17.2. The zero-order valence-electron chi connectivity index (χ0n) is 15.5. The number of hydrogen-bond donors (Lipinski definition) is 2. The van der Waals surface area contributed by atoms with Crippen molar-refractivity contribution in [1.82, 2.24) is 5.32 Å². The van der Waals surface area contributed by atoms with E-state index in [0.717, 1.165) is 5.56 Å². The first kappa shape index (κ1) is 19.4. The summed E-state index contributed by atoms with van der Waals surface area (Å²) in [7, 11) is 1.57. The summed E-state index contributed by atoms with van der Waals surface area (Å²) in [5, 5.41) is 12.0. The Morgan fingerprint density at radius 3 is 2.46 bits per heavy atom. The van der Waals surface area contributed by atoms with Gasteiger partial charge in [0.15, 0.2) is 0 Å². The van der Waals surface area contributed by atoms with Gasteiger partial charge in [-0.2, -0.15) is 0 Å². The van der Waals surface area contributed by atoms with E-state index in [9.17, 15) is 19.5 Å². The zero-order chi connectivity index (χ0) is 20.1. The third-order valence-corrected chi connectivity index (χ3v) is 4.78. The number of ether oxygens (including phenoxy) is 1. The summed E-state index contributed by atoms with van der Waals surface area (Å²) in [6.07, 6.45) is -0.134. The average molecular weight is 382 g/mol. The van der Waals surface area contributed by atoms with Gasteiger partial charge >= 0.3 is 5.97 Å². The van der Waals surface area contributed by atoms with Crippen molar-refractivity contribution in [2.75, 3.05) is 18.6 Å². The summed E-state index contributed by atoms with van der Waals surface area (Å²) >= 11 is 0. The van der Waals surface area contributed by atoms with Gasteiger partial charge in [-0.25, -0.2) is 0 Å². The van der Waals surface area contributed by atoms with Gasteiger partial charge in [0.05, 0.1) is 25.5 Å². The number of hydrogen-bond acceptors (Lipinski definition) is 4. The quantitative estimate of drug-likeness (QED) is 0.767. The first-order chi connectivity index (χ1) is 13.5. The van der Waals surface area contributed by atoms with Crippen molar-refractivity contribution in [3.8, 4) is 5.75 Å². The minimum atomic E-state index is -1.00. The summed E-state index contributed by atoms with van der Waals surface area (Å²) in [6.45, 7) is 0.256. The number of carboxylic acid groups (broad SMARTS) is 1. The lowest BCUT2D eigenvalue weighted by Crippen LogP contribution is -2.36. The smallest absolute Gasteiger partial charge is 0.305 e. The highest BCUT2D eigenvalue weighted by atomic mass is 16.5. The van der Waals surface area contributed by atoms with Crippen LogP contribution in [0.3, 0.4) is 0 Å². The van der Waals surface area contributed by atoms with E-state index in [2.05, 4.69) is 5.32 Å². The minimum absolute atomic E-state index is 0.0897. The SMILES string of the molecule is COc1ccc(N2CC(C(=O)NC(CC(=O)O)c3ccccc3)CC2=O)cc1. The van der Waals surface area contributed by atoms with Crippen LogP contribution >= 0.6 is 0 Å². The van der Waals surface area contributed by atoms with Crippen LogP contribution in [0, 0.1) is 5.92 Å². The van der Waals surface area contributed by atoms with E-state index in [1.807, 2.05) is 6.07 Å². The molecule has 28 heavy (non-hydrogen) atoms. The molecule has 2 N–H and O–H groups in total. The van der Waals surface area contributed by atoms with Gasteiger partial charge < -0.3 is 20.1 Å². The van der Waals surface area contributed by atoms with Crippen molar-refractivity contribution in [1.29, 1.82) is 0 Å². The maximum absolute atomic E-state index is 12.7. The van der Waals surface area contributed by atoms with Gasteiger partial charge in [0, 0.05) is 18.7 Å². The van der Waals surface area contributed by atoms with Crippen molar-refractivity contribution in [2.45, 2.75) is 18.9 Å². The van der Waals surface area contributed by atoms with E-state index < -0.39 is 17.9 Å². The number of benzene rings is 2. The van der Waals surface area contributed by atoms with Gasteiger partial charge in [0.25, 0.3) is 0 Å². The number of methoxy groups -OCH3 is 1. The standard InChI is InChI=1S/C21H22N2O5/c1-28-17-9-7-16(8-10-17)23-13-15(11-19(23)24)21(27)22-18(12-20(25)26)14-5-3-2-4-6-14/h2-10,15,18H,11-13H2,1H3,(H,22,27)(H,25,26). The molecule has 3 rings (SSSR count). The summed E-state index contributed by atoms with van der Waals surface area (Å²) < 4.78 is 5.12. The van der Waals surface area contributed by atoms with Crippen molar-refractivity contribution in [3.63, 3.8) is 0 Å². The molecule has 146 valence electrons. The van der Waals surface area contributed by atoms with Crippen LogP contribution in [0.4, 0.5) is 5.69 Å². The number of carboxylic acids is 1. The third-order valence-electron chi connectivity index (χ3n) is 4.78. The fourth-order valence-electron chi connectivity index (χ4n) is 3.30. The number of anilines is 1. The number of amides is 2. The largest absolute Gasteiger partial charge is 0.497 e. The lowest BCUT2D eigenvalue weighted by Gasteiger charge is -2.20. The molecule has 0 aliphatic carbocycles. The van der Waals surface area contributed by atoms with Crippen molar-refractivity contribution in [3.05, 3.63) is 60.2 Å². The number of carbonyl (C=O) groups excluding carboxylic acids is 2. The number of rotatable bonds is 7. The van der Waals surface area contributed by atoms with Gasteiger partial charge in [0.1, 0.15) is 5.75 Å². The minimum Gasteiger partial charge on any atom is -0.497 e. The molecule has 0 radical (unpaired) electrons. The molecule has 1 fully saturated rings. The van der Waals surface area contributed by atoms with Crippen LogP contribution in [0.2, 0.25) is 0 Å². The molecule has 2 aromatic carbocycles. The van der Waals surface area contributed by atoms with Crippen molar-refractivity contribution in [2.24, 2.45) is 5.92 Å². The van der Waals surface area contributed by atoms with Gasteiger partial charge in [-0.05, 0) is 29.8 Å². The van der Waals surface area contributed by atoms with E-state index in [1.165, 1.54) is 0 Å². The van der Waals surface area contributed by atoms with E-state index in [-0.39, 0.29) is 31.2 Å². The highest BCUT2D eigenvalue weighted by Gasteiger charge is 2.36. The molecule has 2 aromatic rings. The number of nitrogens with zero attached hydrogens (tertiary/aromatic N) is 1. The monoisotopic (exact) mass is 382 g/mol. The van der Waals surface area contributed by atoms with E-state index in [1.54, 1.807) is 60.5 Å². The molecule has 1 aliphatic heterocycles. The molecule has 0 spiro atoms. The van der Waals surface area contributed by atoms with E-state index >= 15 is 0 Å². The van der Waals surface area contributed by atoms with E-state index in [4.69, 9.17) is 4.74 Å². The topological polar surface area (TPSA) is 95.9 Å². The van der Waals surface area contributed by atoms with Crippen LogP contribution < -0.4 is 15.0 Å². The summed E-state index contributed by atoms with van der Waals surface area (Å²) in [4.78, 5) is 37.9. The molecule has 1 aliphatic rings. The molecular weight excluding hydrogens is 360 g/mol. The second-order valence-electron chi connectivity index (χ2n) is 6.67. The molecule has 2 amide bonds. The number of aliphatic carboxylic acids is 1. The fourth-order valence-corrected chi connectivity index (χ4v) is 3.30. The molecule has 7 nitrogen and oxygen atoms in total. The number of nitrogens with one attached hydrogen (secondary N) is 1. The lowest BCUT2D eigenvalue weighted by molar-refractivity contribution is -0.138. The third kappa shape index (κ3) is 4.49. The molecule has 0 saturated carbocycles. The Balaban J connectivity index is 1.69. The Morgan fingerprint density at radius 1 is 1.18 bits per heavy atom. The molecule has 7 heteroatoms. The van der Waals surface area contributed by atoms with Crippen LogP contribution in [-0.2, 0) is 14.4 Å². The van der Waals surface area contributed by atoms with Crippen molar-refractivity contribution < 1.29 is 24.2 Å². The van der Waals surface area contributed by atoms with Crippen LogP contribution in [0.5, 0.6) is 5.75 Å². The number of carbonyl (C=O) groups is 3. The Labute approximate surface area is 162 Å². The maximum Gasteiger partial charge on any atom is 0.305 e. The van der Waals surface area contributed by atoms with Crippen LogP contribution in [0.25, 0.3) is 0 Å². The van der Waals surface area contributed by atoms with Crippen molar-refractivity contribution >= 4 is 23.5 Å². The summed E-state index contributed by atoms with van der Waals surface area (Å²) in [6, 6.07) is 15.4. The second kappa shape index (κ2) is 8.56. The molecule has 1 saturated heterocycles. The van der Waals surface area contributed by atoms with Gasteiger partial charge in [-0.1, -0.05) is 30.3 Å². The Hall–Kier alpha value is -3.35. The molecule has 2 atom stereocenters. The summed E-state index contributed by atoms with van der Waals surface area (Å²) in [5.41, 5.74) is 1.42. The predicted molar refractivity (Wildman–Crippen MR) is 103 cm³/mol. The van der Waals surface area contributed by atoms with Crippen LogP contribution in [0.1, 0.15) is 24.4 Å². The first-order valence-electron chi connectivity index (χ1n) is 8.99. The van der Waals surface area contributed by atoms with Gasteiger partial charge in [-0.3, -0.25) is 14.4 Å². The highest BCUT2D eigenvalue weighted by molar-refractivity contribution is 6.00. The average Bonchev–Trinajstić information content (AvgIpc) is 3.09. The van der Waals surface area contributed by atoms with Crippen LogP contribution in [-0.4, -0.2) is 36.5 Å². The second-order valence-corrected chi connectivity index (χ2v) is 6.67. The Morgan fingerprint density at radius 2 is 1.86 bits per heavy atom. The summed E-state index contributed by atoms with van der Waals surface area (Å²) in [5.74, 6) is -1.31. The molecule has 0 aromatic heterocycles. The molecular formula is C21H22N2O5. The maximum atomic E-state index is 12.7. The Bertz CT molecular complexity index is 851. The highest BCUT2D eigenvalue weighted by Crippen LogP contribution is 2.28. The van der Waals surface area contributed by atoms with Gasteiger partial charge in [-0.15, -0.1) is 0 Å². The molecule has 2 unspecified atom stereocenters. The predicted octanol–water partition coefficient (Wildman–Crippen LogP) is 2.38. The van der Waals surface area contributed by atoms with E-state index in [0.29, 0.717) is 11.4 Å². The zero-order valence-corrected chi connectivity index (χ0v) is 15.5. The first-order valence-corrected chi connectivity index (χ1v) is 8.99. The fraction of sp³-hybridized carbons (Fsp3) is 0.286. The molecule has 0 bridgehead atoms. The molecule has 1 heterocycles. The Kier molecular flexibility index (Phi) is 5.93. The van der Waals surface area contributed by atoms with Crippen LogP contribution in [0.15, 0.2) is 54.6 Å². The lowest BCUT2D eigenvalue weighted by atomic mass is 10.0.